The molecule has 0 heterocycles. The van der Waals surface area contributed by atoms with E-state index in [0.717, 1.165) is 44.2 Å². The maximum atomic E-state index is 13.3. The molecule has 1 fully saturated rings. The number of aromatic hydroxyl groups is 1. The number of ketones is 1. The Labute approximate surface area is 149 Å². The minimum atomic E-state index is -1.56. The van der Waals surface area contributed by atoms with Crippen LogP contribution in [0.5, 0.6) is 11.5 Å². The smallest absolute Gasteiger partial charge is 0.194 e. The molecule has 2 aromatic carbocycles. The summed E-state index contributed by atoms with van der Waals surface area (Å²) < 4.78 is 45.4. The van der Waals surface area contributed by atoms with Crippen molar-refractivity contribution in [1.82, 2.24) is 0 Å². The number of carbonyl (C=O) groups is 1. The van der Waals surface area contributed by atoms with Crippen molar-refractivity contribution in [2.24, 2.45) is 0 Å². The predicted octanol–water partition coefficient (Wildman–Crippen LogP) is 4.95. The molecular formula is C20H19F3O3. The second-order valence-electron chi connectivity index (χ2n) is 6.53. The molecule has 2 aromatic rings. The fourth-order valence-electron chi connectivity index (χ4n) is 3.14. The molecular weight excluding hydrogens is 345 g/mol. The maximum Gasteiger partial charge on any atom is 0.194 e. The number of hydrogen-bond donors (Lipinski definition) is 1. The Bertz CT molecular complexity index is 791. The van der Waals surface area contributed by atoms with Crippen LogP contribution in [0.1, 0.15) is 48.0 Å². The van der Waals surface area contributed by atoms with Crippen molar-refractivity contribution >= 4 is 5.78 Å². The number of Topliss-reactive ketones (excluding diaryl/α,β-unsaturated/α-hetero) is 1. The quantitative estimate of drug-likeness (QED) is 0.603. The highest BCUT2D eigenvalue weighted by atomic mass is 19.2. The van der Waals surface area contributed by atoms with E-state index in [1.807, 2.05) is 0 Å². The summed E-state index contributed by atoms with van der Waals surface area (Å²) in [6, 6.07) is 5.81. The number of benzene rings is 2. The molecule has 26 heavy (non-hydrogen) atoms. The molecule has 0 amide bonds. The first kappa shape index (κ1) is 18.3. The minimum Gasteiger partial charge on any atom is -0.504 e. The van der Waals surface area contributed by atoms with Gasteiger partial charge in [0.25, 0.3) is 0 Å². The SMILES string of the molecule is O=C(Cc1cc(F)c(F)c(F)c1)c1ccc(O)c(OC2CCCCC2)c1. The zero-order valence-electron chi connectivity index (χ0n) is 14.1. The van der Waals surface area contributed by atoms with Crippen LogP contribution in [0.3, 0.4) is 0 Å². The summed E-state index contributed by atoms with van der Waals surface area (Å²) in [6.07, 6.45) is 4.78. The molecule has 138 valence electrons. The summed E-state index contributed by atoms with van der Waals surface area (Å²) in [4.78, 5) is 12.4. The third-order valence-electron chi connectivity index (χ3n) is 4.54. The van der Waals surface area contributed by atoms with Gasteiger partial charge in [-0.15, -0.1) is 0 Å². The summed E-state index contributed by atoms with van der Waals surface area (Å²) in [5.41, 5.74) is 0.285. The Morgan fingerprint density at radius 1 is 1.04 bits per heavy atom. The Kier molecular flexibility index (Phi) is 5.49. The van der Waals surface area contributed by atoms with Crippen molar-refractivity contribution in [3.63, 3.8) is 0 Å². The zero-order chi connectivity index (χ0) is 18.7. The van der Waals surface area contributed by atoms with Gasteiger partial charge in [0.1, 0.15) is 0 Å². The Morgan fingerprint density at radius 3 is 2.35 bits per heavy atom. The van der Waals surface area contributed by atoms with Gasteiger partial charge in [-0.05, 0) is 61.6 Å². The molecule has 0 unspecified atom stereocenters. The van der Waals surface area contributed by atoms with E-state index in [2.05, 4.69) is 0 Å². The van der Waals surface area contributed by atoms with Crippen LogP contribution in [0, 0.1) is 17.5 Å². The lowest BCUT2D eigenvalue weighted by molar-refractivity contribution is 0.0991. The number of carbonyl (C=O) groups excluding carboxylic acids is 1. The van der Waals surface area contributed by atoms with E-state index < -0.39 is 23.2 Å². The lowest BCUT2D eigenvalue weighted by atomic mass is 9.97. The van der Waals surface area contributed by atoms with Gasteiger partial charge >= 0.3 is 0 Å². The number of phenols is 1. The van der Waals surface area contributed by atoms with Crippen LogP contribution in [0.2, 0.25) is 0 Å². The Balaban J connectivity index is 1.76. The fourth-order valence-corrected chi connectivity index (χ4v) is 3.14. The molecule has 0 spiro atoms. The first-order valence-electron chi connectivity index (χ1n) is 8.60. The van der Waals surface area contributed by atoms with Crippen molar-refractivity contribution in [1.29, 1.82) is 0 Å². The van der Waals surface area contributed by atoms with Crippen LogP contribution in [-0.2, 0) is 6.42 Å². The largest absolute Gasteiger partial charge is 0.504 e. The molecule has 1 aliphatic rings. The molecule has 0 aromatic heterocycles. The number of hydrogen-bond acceptors (Lipinski definition) is 3. The molecule has 0 radical (unpaired) electrons. The fraction of sp³-hybridized carbons (Fsp3) is 0.350. The van der Waals surface area contributed by atoms with E-state index in [-0.39, 0.29) is 35.2 Å². The second kappa shape index (κ2) is 7.81. The lowest BCUT2D eigenvalue weighted by Gasteiger charge is -2.23. The van der Waals surface area contributed by atoms with Gasteiger partial charge in [-0.25, -0.2) is 13.2 Å². The summed E-state index contributed by atoms with van der Waals surface area (Å²) in [5, 5.41) is 9.96. The normalized spacial score (nSPS) is 15.0. The van der Waals surface area contributed by atoms with Gasteiger partial charge in [-0.1, -0.05) is 6.42 Å². The van der Waals surface area contributed by atoms with Gasteiger partial charge in [-0.3, -0.25) is 4.79 Å². The summed E-state index contributed by atoms with van der Waals surface area (Å²) >= 11 is 0. The molecule has 3 rings (SSSR count). The van der Waals surface area contributed by atoms with E-state index in [0.29, 0.717) is 0 Å². The Hall–Kier alpha value is -2.50. The molecule has 0 bridgehead atoms. The lowest BCUT2D eigenvalue weighted by Crippen LogP contribution is -2.19. The highest BCUT2D eigenvalue weighted by Gasteiger charge is 2.19. The average Bonchev–Trinajstić information content (AvgIpc) is 2.62. The first-order valence-corrected chi connectivity index (χ1v) is 8.60. The van der Waals surface area contributed by atoms with E-state index in [1.54, 1.807) is 0 Å². The topological polar surface area (TPSA) is 46.5 Å². The van der Waals surface area contributed by atoms with E-state index in [9.17, 15) is 23.1 Å². The molecule has 0 saturated heterocycles. The van der Waals surface area contributed by atoms with Gasteiger partial charge in [0, 0.05) is 12.0 Å². The van der Waals surface area contributed by atoms with Crippen molar-refractivity contribution in [3.05, 3.63) is 58.9 Å². The minimum absolute atomic E-state index is 0.000271. The standard InChI is InChI=1S/C20H19F3O3/c21-15-8-12(9-16(22)20(15)23)10-18(25)13-6-7-17(24)19(11-13)26-14-4-2-1-3-5-14/h6-9,11,14,24H,1-5,10H2. The highest BCUT2D eigenvalue weighted by molar-refractivity contribution is 5.98. The monoisotopic (exact) mass is 364 g/mol. The average molecular weight is 364 g/mol. The first-order chi connectivity index (χ1) is 12.4. The number of phenolic OH excluding ortho intramolecular Hbond substituents is 1. The zero-order valence-corrected chi connectivity index (χ0v) is 14.1. The molecule has 1 saturated carbocycles. The molecule has 0 aliphatic heterocycles. The van der Waals surface area contributed by atoms with E-state index in [1.165, 1.54) is 18.2 Å². The highest BCUT2D eigenvalue weighted by Crippen LogP contribution is 2.31. The van der Waals surface area contributed by atoms with Crippen LogP contribution < -0.4 is 4.74 Å². The molecule has 6 heteroatoms. The van der Waals surface area contributed by atoms with E-state index >= 15 is 0 Å². The second-order valence-corrected chi connectivity index (χ2v) is 6.53. The summed E-state index contributed by atoms with van der Waals surface area (Å²) in [7, 11) is 0. The van der Waals surface area contributed by atoms with Gasteiger partial charge < -0.3 is 9.84 Å². The van der Waals surface area contributed by atoms with Crippen LogP contribution in [0.25, 0.3) is 0 Å². The van der Waals surface area contributed by atoms with Gasteiger partial charge in [0.15, 0.2) is 34.7 Å². The van der Waals surface area contributed by atoms with Gasteiger partial charge in [0.05, 0.1) is 6.10 Å². The van der Waals surface area contributed by atoms with Crippen molar-refractivity contribution in [2.75, 3.05) is 0 Å². The molecule has 1 aliphatic carbocycles. The van der Waals surface area contributed by atoms with Crippen molar-refractivity contribution in [2.45, 2.75) is 44.6 Å². The van der Waals surface area contributed by atoms with E-state index in [4.69, 9.17) is 4.74 Å². The molecule has 3 nitrogen and oxygen atoms in total. The van der Waals surface area contributed by atoms with Crippen LogP contribution in [0.4, 0.5) is 13.2 Å². The molecule has 1 N–H and O–H groups in total. The van der Waals surface area contributed by atoms with Crippen molar-refractivity contribution in [3.8, 4) is 11.5 Å². The third-order valence-corrected chi connectivity index (χ3v) is 4.54. The summed E-state index contributed by atoms with van der Waals surface area (Å²) in [5.74, 6) is -4.48. The summed E-state index contributed by atoms with van der Waals surface area (Å²) in [6.45, 7) is 0. The maximum absolute atomic E-state index is 13.3. The van der Waals surface area contributed by atoms with Crippen LogP contribution in [0.15, 0.2) is 30.3 Å². The van der Waals surface area contributed by atoms with Gasteiger partial charge in [-0.2, -0.15) is 0 Å². The number of ether oxygens (including phenoxy) is 1. The number of halogens is 3. The van der Waals surface area contributed by atoms with Crippen molar-refractivity contribution < 1.29 is 27.8 Å². The molecule has 0 atom stereocenters. The predicted molar refractivity (Wildman–Crippen MR) is 90.0 cm³/mol. The van der Waals surface area contributed by atoms with Crippen LogP contribution in [-0.4, -0.2) is 17.0 Å². The Morgan fingerprint density at radius 2 is 1.69 bits per heavy atom. The number of rotatable bonds is 5. The van der Waals surface area contributed by atoms with Gasteiger partial charge in [0.2, 0.25) is 0 Å². The third kappa shape index (κ3) is 4.18. The van der Waals surface area contributed by atoms with Crippen LogP contribution >= 0.6 is 0 Å².